The molecule has 19 heavy (non-hydrogen) atoms. The summed E-state index contributed by atoms with van der Waals surface area (Å²) in [7, 11) is 0. The van der Waals surface area contributed by atoms with Gasteiger partial charge in [-0.2, -0.15) is 13.2 Å². The fourth-order valence-corrected chi connectivity index (χ4v) is 3.51. The molecule has 0 radical (unpaired) electrons. The molecule has 1 N–H and O–H groups in total. The van der Waals surface area contributed by atoms with Crippen LogP contribution in [0.15, 0.2) is 38.4 Å². The van der Waals surface area contributed by atoms with E-state index in [-0.39, 0.29) is 16.8 Å². The molecule has 0 aliphatic rings. The second-order valence-electron chi connectivity index (χ2n) is 3.51. The van der Waals surface area contributed by atoms with Gasteiger partial charge in [0.2, 0.25) is 0 Å². The molecule has 1 nitrogen and oxygen atoms in total. The third-order valence-corrected chi connectivity index (χ3v) is 5.13. The topological polar surface area (TPSA) is 15.8 Å². The SMILES string of the molecule is FC(F)(F)Sc1[nH]c(Br)c(Br)c1-c1ccc(Cl)cc1. The summed E-state index contributed by atoms with van der Waals surface area (Å²) in [6, 6.07) is 6.60. The van der Waals surface area contributed by atoms with Crippen molar-refractivity contribution in [1.29, 1.82) is 0 Å². The van der Waals surface area contributed by atoms with Crippen LogP contribution in [-0.2, 0) is 0 Å². The van der Waals surface area contributed by atoms with Gasteiger partial charge in [-0.3, -0.25) is 0 Å². The maximum Gasteiger partial charge on any atom is 0.447 e. The zero-order valence-corrected chi connectivity index (χ0v) is 13.7. The Kier molecular flexibility index (Phi) is 4.59. The first-order valence-corrected chi connectivity index (χ1v) is 7.64. The van der Waals surface area contributed by atoms with Crippen LogP contribution < -0.4 is 0 Å². The summed E-state index contributed by atoms with van der Waals surface area (Å²) >= 11 is 12.0. The molecule has 1 aromatic heterocycles. The quantitative estimate of drug-likeness (QED) is 0.535. The van der Waals surface area contributed by atoms with Crippen LogP contribution in [0.2, 0.25) is 5.02 Å². The van der Waals surface area contributed by atoms with Crippen molar-refractivity contribution in [2.45, 2.75) is 10.5 Å². The molecule has 8 heteroatoms. The van der Waals surface area contributed by atoms with E-state index in [1.807, 2.05) is 0 Å². The van der Waals surface area contributed by atoms with Gasteiger partial charge >= 0.3 is 5.51 Å². The molecule has 0 saturated carbocycles. The maximum absolute atomic E-state index is 12.5. The van der Waals surface area contributed by atoms with E-state index >= 15 is 0 Å². The van der Waals surface area contributed by atoms with Crippen LogP contribution in [0.25, 0.3) is 11.1 Å². The predicted molar refractivity (Wildman–Crippen MR) is 78.6 cm³/mol. The third-order valence-electron chi connectivity index (χ3n) is 2.21. The van der Waals surface area contributed by atoms with E-state index in [1.165, 1.54) is 0 Å². The molecule has 1 heterocycles. The molecule has 0 aliphatic heterocycles. The van der Waals surface area contributed by atoms with Crippen molar-refractivity contribution in [2.75, 3.05) is 0 Å². The molecule has 0 bridgehead atoms. The summed E-state index contributed by atoms with van der Waals surface area (Å²) in [5.41, 5.74) is -3.26. The molecule has 1 aromatic carbocycles. The first-order chi connectivity index (χ1) is 8.78. The number of nitrogens with one attached hydrogen (secondary N) is 1. The lowest BCUT2D eigenvalue weighted by atomic mass is 10.1. The molecule has 0 fully saturated rings. The van der Waals surface area contributed by atoms with Gasteiger partial charge in [0.05, 0.1) is 14.1 Å². The summed E-state index contributed by atoms with van der Waals surface area (Å²) in [6.45, 7) is 0. The predicted octanol–water partition coefficient (Wildman–Crippen LogP) is 6.47. The number of aromatic nitrogens is 1. The number of rotatable bonds is 2. The molecule has 0 unspecified atom stereocenters. The minimum atomic E-state index is -4.36. The van der Waals surface area contributed by atoms with Crippen molar-refractivity contribution < 1.29 is 13.2 Å². The maximum atomic E-state index is 12.5. The van der Waals surface area contributed by atoms with Gasteiger partial charge in [-0.15, -0.1) is 0 Å². The van der Waals surface area contributed by atoms with Gasteiger partial charge in [0, 0.05) is 22.3 Å². The van der Waals surface area contributed by atoms with E-state index < -0.39 is 5.51 Å². The van der Waals surface area contributed by atoms with Crippen LogP contribution in [0.5, 0.6) is 0 Å². The first-order valence-electron chi connectivity index (χ1n) is 4.86. The average molecular weight is 435 g/mol. The van der Waals surface area contributed by atoms with Crippen molar-refractivity contribution in [3.05, 3.63) is 38.4 Å². The summed E-state index contributed by atoms with van der Waals surface area (Å²) in [5.74, 6) is 0. The van der Waals surface area contributed by atoms with Crippen LogP contribution >= 0.6 is 55.2 Å². The van der Waals surface area contributed by atoms with Gasteiger partial charge in [-0.1, -0.05) is 23.7 Å². The molecule has 102 valence electrons. The van der Waals surface area contributed by atoms with Gasteiger partial charge in [-0.05, 0) is 49.6 Å². The standard InChI is InChI=1S/C11H5Br2ClF3NS/c12-8-7(5-1-3-6(14)4-2-5)10(18-9(8)13)19-11(15,16)17/h1-4,18H. The summed E-state index contributed by atoms with van der Waals surface area (Å²) in [6.07, 6.45) is 0. The molecule has 2 aromatic rings. The molecule has 0 spiro atoms. The Labute approximate surface area is 133 Å². The van der Waals surface area contributed by atoms with Crippen molar-refractivity contribution in [2.24, 2.45) is 0 Å². The monoisotopic (exact) mass is 433 g/mol. The van der Waals surface area contributed by atoms with Crippen molar-refractivity contribution in [3.63, 3.8) is 0 Å². The first kappa shape index (κ1) is 15.3. The molecular weight excluding hydrogens is 430 g/mol. The number of halogens is 6. The molecule has 0 aliphatic carbocycles. The lowest BCUT2D eigenvalue weighted by molar-refractivity contribution is -0.0329. The van der Waals surface area contributed by atoms with E-state index in [0.29, 0.717) is 25.2 Å². The Bertz CT molecular complexity index is 595. The summed E-state index contributed by atoms with van der Waals surface area (Å²) < 4.78 is 38.6. The Morgan fingerprint density at radius 1 is 1.11 bits per heavy atom. The van der Waals surface area contributed by atoms with E-state index in [2.05, 4.69) is 36.8 Å². The van der Waals surface area contributed by atoms with Gasteiger partial charge in [-0.25, -0.2) is 0 Å². The lowest BCUT2D eigenvalue weighted by Crippen LogP contribution is -1.99. The number of benzene rings is 1. The van der Waals surface area contributed by atoms with Gasteiger partial charge < -0.3 is 4.98 Å². The zero-order chi connectivity index (χ0) is 14.2. The Morgan fingerprint density at radius 2 is 1.68 bits per heavy atom. The van der Waals surface area contributed by atoms with Crippen LogP contribution in [0.3, 0.4) is 0 Å². The molecule has 0 atom stereocenters. The van der Waals surface area contributed by atoms with Crippen LogP contribution in [0.1, 0.15) is 0 Å². The zero-order valence-electron chi connectivity index (χ0n) is 8.99. The number of thioether (sulfide) groups is 1. The van der Waals surface area contributed by atoms with Gasteiger partial charge in [0.1, 0.15) is 0 Å². The van der Waals surface area contributed by atoms with Crippen molar-refractivity contribution in [3.8, 4) is 11.1 Å². The molecule has 2 rings (SSSR count). The summed E-state index contributed by atoms with van der Waals surface area (Å²) in [5, 5.41) is 0.549. The van der Waals surface area contributed by atoms with Crippen molar-refractivity contribution >= 4 is 55.2 Å². The minimum absolute atomic E-state index is 0.0218. The third kappa shape index (κ3) is 3.71. The highest BCUT2D eigenvalue weighted by atomic mass is 79.9. The van der Waals surface area contributed by atoms with Crippen molar-refractivity contribution in [1.82, 2.24) is 4.98 Å². The van der Waals surface area contributed by atoms with Crippen LogP contribution in [0, 0.1) is 0 Å². The van der Waals surface area contributed by atoms with Crippen LogP contribution in [-0.4, -0.2) is 10.5 Å². The molecular formula is C11H5Br2ClF3NS. The Balaban J connectivity index is 2.52. The minimum Gasteiger partial charge on any atom is -0.343 e. The fourth-order valence-electron chi connectivity index (χ4n) is 1.49. The number of hydrogen-bond donors (Lipinski definition) is 1. The number of H-pyrrole nitrogens is 1. The highest BCUT2D eigenvalue weighted by Crippen LogP contribution is 2.46. The average Bonchev–Trinajstić information content (AvgIpc) is 2.54. The Morgan fingerprint density at radius 3 is 2.21 bits per heavy atom. The molecule has 0 saturated heterocycles. The molecule has 0 amide bonds. The van der Waals surface area contributed by atoms with Gasteiger partial charge in [0.15, 0.2) is 0 Å². The highest BCUT2D eigenvalue weighted by Gasteiger charge is 2.32. The fraction of sp³-hybridized carbons (Fsp3) is 0.0909. The largest absolute Gasteiger partial charge is 0.447 e. The Hall–Kier alpha value is -0.110. The number of aromatic amines is 1. The van der Waals surface area contributed by atoms with Gasteiger partial charge in [0.25, 0.3) is 0 Å². The van der Waals surface area contributed by atoms with E-state index in [4.69, 9.17) is 11.6 Å². The summed E-state index contributed by atoms with van der Waals surface area (Å²) in [4.78, 5) is 2.66. The van der Waals surface area contributed by atoms with Crippen LogP contribution in [0.4, 0.5) is 13.2 Å². The lowest BCUT2D eigenvalue weighted by Gasteiger charge is -2.07. The number of alkyl halides is 3. The number of hydrogen-bond acceptors (Lipinski definition) is 1. The second kappa shape index (κ2) is 5.71. The normalized spacial score (nSPS) is 11.9. The van der Waals surface area contributed by atoms with E-state index in [0.717, 1.165) is 0 Å². The van der Waals surface area contributed by atoms with E-state index in [1.54, 1.807) is 24.3 Å². The van der Waals surface area contributed by atoms with E-state index in [9.17, 15) is 13.2 Å². The highest BCUT2D eigenvalue weighted by molar-refractivity contribution is 9.13. The smallest absolute Gasteiger partial charge is 0.343 e. The second-order valence-corrected chi connectivity index (χ2v) is 6.61.